The third-order valence-electron chi connectivity index (χ3n) is 3.46. The predicted molar refractivity (Wildman–Crippen MR) is 69.1 cm³/mol. The van der Waals surface area contributed by atoms with Gasteiger partial charge in [0, 0.05) is 7.05 Å². The maximum Gasteiger partial charge on any atom is 0.156 e. The van der Waals surface area contributed by atoms with E-state index >= 15 is 0 Å². The van der Waals surface area contributed by atoms with Gasteiger partial charge in [0.05, 0.1) is 17.7 Å². The van der Waals surface area contributed by atoms with Gasteiger partial charge in [-0.25, -0.2) is 9.97 Å². The van der Waals surface area contributed by atoms with E-state index in [2.05, 4.69) is 9.97 Å². The van der Waals surface area contributed by atoms with E-state index in [1.54, 1.807) is 0 Å². The van der Waals surface area contributed by atoms with Crippen LogP contribution in [0.15, 0.2) is 6.33 Å². The van der Waals surface area contributed by atoms with Gasteiger partial charge in [-0.05, 0) is 12.8 Å². The van der Waals surface area contributed by atoms with E-state index in [9.17, 15) is 9.90 Å². The molecular formula is C12H16ClN3O2. The number of carbonyl (C=O) groups excluding carboxylic acids is 1. The number of anilines is 1. The molecule has 1 N–H and O–H groups in total. The van der Waals surface area contributed by atoms with Crippen LogP contribution in [-0.2, 0) is 0 Å². The molecule has 1 fully saturated rings. The summed E-state index contributed by atoms with van der Waals surface area (Å²) in [5.74, 6) is 0.482. The zero-order valence-corrected chi connectivity index (χ0v) is 11.0. The monoisotopic (exact) mass is 269 g/mol. The quantitative estimate of drug-likeness (QED) is 0.668. The average Bonchev–Trinajstić information content (AvgIpc) is 2.38. The van der Waals surface area contributed by atoms with Crippen LogP contribution < -0.4 is 4.90 Å². The number of aliphatic hydroxyl groups excluding tert-OH is 1. The van der Waals surface area contributed by atoms with E-state index in [0.717, 1.165) is 25.7 Å². The lowest BCUT2D eigenvalue weighted by Crippen LogP contribution is -2.44. The Kier molecular flexibility index (Phi) is 4.14. The third-order valence-corrected chi connectivity index (χ3v) is 3.76. The summed E-state index contributed by atoms with van der Waals surface area (Å²) in [6.45, 7) is 0. The molecule has 6 heteroatoms. The number of halogens is 1. The van der Waals surface area contributed by atoms with Crippen molar-refractivity contribution in [1.82, 2.24) is 9.97 Å². The molecule has 1 heterocycles. The van der Waals surface area contributed by atoms with Crippen molar-refractivity contribution in [3.05, 3.63) is 17.0 Å². The highest BCUT2D eigenvalue weighted by Gasteiger charge is 2.29. The van der Waals surface area contributed by atoms with Gasteiger partial charge < -0.3 is 10.0 Å². The van der Waals surface area contributed by atoms with Crippen molar-refractivity contribution in [3.8, 4) is 0 Å². The average molecular weight is 270 g/mol. The first-order chi connectivity index (χ1) is 8.65. The fourth-order valence-corrected chi connectivity index (χ4v) is 2.62. The Bertz CT molecular complexity index is 441. The maximum atomic E-state index is 11.1. The van der Waals surface area contributed by atoms with Crippen LogP contribution in [0, 0.1) is 0 Å². The lowest BCUT2D eigenvalue weighted by molar-refractivity contribution is 0.105. The van der Waals surface area contributed by atoms with Crippen molar-refractivity contribution >= 4 is 23.7 Å². The van der Waals surface area contributed by atoms with Crippen LogP contribution >= 0.6 is 11.6 Å². The molecule has 98 valence electrons. The van der Waals surface area contributed by atoms with Gasteiger partial charge in [0.2, 0.25) is 0 Å². The summed E-state index contributed by atoms with van der Waals surface area (Å²) in [7, 11) is 1.82. The zero-order valence-electron chi connectivity index (χ0n) is 10.2. The van der Waals surface area contributed by atoms with Gasteiger partial charge in [-0.15, -0.1) is 0 Å². The fraction of sp³-hybridized carbons (Fsp3) is 0.583. The topological polar surface area (TPSA) is 66.3 Å². The summed E-state index contributed by atoms with van der Waals surface area (Å²) in [4.78, 5) is 20.8. The number of hydrogen-bond donors (Lipinski definition) is 1. The molecule has 1 aliphatic rings. The van der Waals surface area contributed by atoms with Crippen molar-refractivity contribution in [2.45, 2.75) is 37.8 Å². The highest BCUT2D eigenvalue weighted by molar-refractivity contribution is 6.32. The second-order valence-electron chi connectivity index (χ2n) is 4.55. The second kappa shape index (κ2) is 5.63. The Labute approximate surface area is 111 Å². The van der Waals surface area contributed by atoms with Crippen molar-refractivity contribution in [2.75, 3.05) is 11.9 Å². The number of rotatable bonds is 3. The summed E-state index contributed by atoms with van der Waals surface area (Å²) in [6.07, 6.45) is 5.37. The number of carbonyl (C=O) groups is 1. The van der Waals surface area contributed by atoms with Crippen LogP contribution in [0.5, 0.6) is 0 Å². The molecule has 2 atom stereocenters. The smallest absolute Gasteiger partial charge is 0.156 e. The standard InChI is InChI=1S/C12H16ClN3O2/c1-16(9-4-2-3-5-10(9)18)12-8(6-17)11(13)14-7-15-12/h6-7,9-10,18H,2-5H2,1H3. The van der Waals surface area contributed by atoms with Gasteiger partial charge in [-0.2, -0.15) is 0 Å². The Morgan fingerprint density at radius 2 is 2.17 bits per heavy atom. The molecular weight excluding hydrogens is 254 g/mol. The first kappa shape index (κ1) is 13.2. The van der Waals surface area contributed by atoms with Gasteiger partial charge in [-0.1, -0.05) is 24.4 Å². The molecule has 5 nitrogen and oxygen atoms in total. The summed E-state index contributed by atoms with van der Waals surface area (Å²) in [5.41, 5.74) is 0.277. The maximum absolute atomic E-state index is 11.1. The molecule has 2 unspecified atom stereocenters. The van der Waals surface area contributed by atoms with Gasteiger partial charge in [0.1, 0.15) is 17.3 Å². The molecule has 18 heavy (non-hydrogen) atoms. The van der Waals surface area contributed by atoms with E-state index in [1.165, 1.54) is 6.33 Å². The zero-order chi connectivity index (χ0) is 13.1. The normalized spacial score (nSPS) is 23.7. The Balaban J connectivity index is 2.30. The Morgan fingerprint density at radius 3 is 2.83 bits per heavy atom. The molecule has 1 saturated carbocycles. The van der Waals surface area contributed by atoms with Crippen molar-refractivity contribution in [1.29, 1.82) is 0 Å². The number of aliphatic hydroxyl groups is 1. The molecule has 1 aliphatic carbocycles. The van der Waals surface area contributed by atoms with Crippen LogP contribution in [0.2, 0.25) is 5.15 Å². The number of likely N-dealkylation sites (N-methyl/N-ethyl adjacent to an activating group) is 1. The molecule has 2 rings (SSSR count). The number of aldehydes is 1. The minimum Gasteiger partial charge on any atom is -0.391 e. The van der Waals surface area contributed by atoms with Crippen molar-refractivity contribution < 1.29 is 9.90 Å². The summed E-state index contributed by atoms with van der Waals surface area (Å²) < 4.78 is 0. The van der Waals surface area contributed by atoms with Crippen molar-refractivity contribution in [3.63, 3.8) is 0 Å². The molecule has 0 aromatic carbocycles. The molecule has 0 bridgehead atoms. The minimum atomic E-state index is -0.392. The SMILES string of the molecule is CN(c1ncnc(Cl)c1C=O)C1CCCCC1O. The Hall–Kier alpha value is -1.20. The van der Waals surface area contributed by atoms with Crippen molar-refractivity contribution in [2.24, 2.45) is 0 Å². The first-order valence-electron chi connectivity index (χ1n) is 6.01. The molecule has 0 spiro atoms. The van der Waals surface area contributed by atoms with E-state index < -0.39 is 6.10 Å². The van der Waals surface area contributed by atoms with Gasteiger partial charge in [0.15, 0.2) is 6.29 Å². The molecule has 0 saturated heterocycles. The predicted octanol–water partition coefficient (Wildman–Crippen LogP) is 1.68. The molecule has 0 amide bonds. The number of hydrogen-bond acceptors (Lipinski definition) is 5. The van der Waals surface area contributed by atoms with Crippen LogP contribution in [0.4, 0.5) is 5.82 Å². The van der Waals surface area contributed by atoms with E-state index in [-0.39, 0.29) is 16.8 Å². The van der Waals surface area contributed by atoms with E-state index in [1.807, 2.05) is 11.9 Å². The van der Waals surface area contributed by atoms with E-state index in [0.29, 0.717) is 12.1 Å². The summed E-state index contributed by atoms with van der Waals surface area (Å²) >= 11 is 5.88. The first-order valence-corrected chi connectivity index (χ1v) is 6.39. The summed E-state index contributed by atoms with van der Waals surface area (Å²) in [6, 6.07) is -0.0246. The molecule has 1 aromatic rings. The minimum absolute atomic E-state index is 0.0246. The summed E-state index contributed by atoms with van der Waals surface area (Å²) in [5, 5.41) is 10.2. The fourth-order valence-electron chi connectivity index (χ4n) is 2.45. The molecule has 1 aromatic heterocycles. The number of nitrogens with zero attached hydrogens (tertiary/aromatic N) is 3. The second-order valence-corrected chi connectivity index (χ2v) is 4.91. The van der Waals surface area contributed by atoms with Crippen LogP contribution in [0.25, 0.3) is 0 Å². The highest BCUT2D eigenvalue weighted by Crippen LogP contribution is 2.28. The molecule has 0 aliphatic heterocycles. The lowest BCUT2D eigenvalue weighted by Gasteiger charge is -2.36. The van der Waals surface area contributed by atoms with Gasteiger partial charge in [0.25, 0.3) is 0 Å². The van der Waals surface area contributed by atoms with Crippen LogP contribution in [0.1, 0.15) is 36.0 Å². The largest absolute Gasteiger partial charge is 0.391 e. The van der Waals surface area contributed by atoms with Gasteiger partial charge >= 0.3 is 0 Å². The highest BCUT2D eigenvalue weighted by atomic mass is 35.5. The Morgan fingerprint density at radius 1 is 1.44 bits per heavy atom. The van der Waals surface area contributed by atoms with Crippen LogP contribution in [0.3, 0.4) is 0 Å². The molecule has 0 radical (unpaired) electrons. The van der Waals surface area contributed by atoms with Gasteiger partial charge in [-0.3, -0.25) is 4.79 Å². The van der Waals surface area contributed by atoms with E-state index in [4.69, 9.17) is 11.6 Å². The van der Waals surface area contributed by atoms with Crippen LogP contribution in [-0.4, -0.2) is 40.6 Å². The third kappa shape index (κ3) is 2.47. The lowest BCUT2D eigenvalue weighted by atomic mass is 9.91. The number of aromatic nitrogens is 2.